The normalized spacial score (nSPS) is 16.6. The number of amides is 1. The summed E-state index contributed by atoms with van der Waals surface area (Å²) in [6.07, 6.45) is 3.17. The van der Waals surface area contributed by atoms with E-state index in [0.29, 0.717) is 17.0 Å². The summed E-state index contributed by atoms with van der Waals surface area (Å²) >= 11 is 0. The second-order valence-electron chi connectivity index (χ2n) is 8.71. The van der Waals surface area contributed by atoms with Gasteiger partial charge in [0.2, 0.25) is 5.89 Å². The van der Waals surface area contributed by atoms with Gasteiger partial charge in [-0.3, -0.25) is 4.79 Å². The molecule has 3 rings (SSSR count). The van der Waals surface area contributed by atoms with Crippen LogP contribution in [0.4, 0.5) is 0 Å². The molecule has 7 nitrogen and oxygen atoms in total. The topological polar surface area (TPSA) is 93.4 Å². The first-order chi connectivity index (χ1) is 13.6. The molecule has 1 aliphatic rings. The van der Waals surface area contributed by atoms with Gasteiger partial charge in [-0.15, -0.1) is 0 Å². The number of piperidine rings is 1. The average molecular weight is 420 g/mol. The van der Waals surface area contributed by atoms with Gasteiger partial charge < -0.3 is 9.42 Å². The van der Waals surface area contributed by atoms with Crippen molar-refractivity contribution in [3.8, 4) is 0 Å². The molecular weight excluding hydrogens is 390 g/mol. The summed E-state index contributed by atoms with van der Waals surface area (Å²) in [5, 5.41) is 2.99. The van der Waals surface area contributed by atoms with Crippen molar-refractivity contribution < 1.29 is 17.7 Å². The fourth-order valence-corrected chi connectivity index (χ4v) is 4.59. The Hall–Kier alpha value is -2.22. The van der Waals surface area contributed by atoms with Gasteiger partial charge in [0.1, 0.15) is 5.25 Å². The van der Waals surface area contributed by atoms with E-state index in [9.17, 15) is 13.2 Å². The molecule has 158 valence electrons. The minimum Gasteiger partial charge on any atom is -0.339 e. The zero-order chi connectivity index (χ0) is 21.2. The van der Waals surface area contributed by atoms with Gasteiger partial charge in [0.15, 0.2) is 15.7 Å². The van der Waals surface area contributed by atoms with E-state index in [0.717, 1.165) is 32.4 Å². The molecule has 0 N–H and O–H groups in total. The molecule has 0 bridgehead atoms. The Labute approximate surface area is 172 Å². The maximum atomic E-state index is 12.9. The van der Waals surface area contributed by atoms with Gasteiger partial charge in [0.05, 0.1) is 5.75 Å². The molecule has 1 atom stereocenters. The quantitative estimate of drug-likeness (QED) is 0.734. The zero-order valence-electron chi connectivity index (χ0n) is 17.5. The van der Waals surface area contributed by atoms with Crippen LogP contribution in [0.1, 0.15) is 79.8 Å². The Morgan fingerprint density at radius 1 is 1.21 bits per heavy atom. The van der Waals surface area contributed by atoms with E-state index in [2.05, 4.69) is 10.1 Å². The zero-order valence-corrected chi connectivity index (χ0v) is 18.3. The summed E-state index contributed by atoms with van der Waals surface area (Å²) in [7, 11) is -3.59. The van der Waals surface area contributed by atoms with Gasteiger partial charge in [-0.25, -0.2) is 8.42 Å². The van der Waals surface area contributed by atoms with E-state index in [-0.39, 0.29) is 23.0 Å². The van der Waals surface area contributed by atoms with Crippen molar-refractivity contribution >= 4 is 15.7 Å². The highest BCUT2D eigenvalue weighted by atomic mass is 32.2. The lowest BCUT2D eigenvalue weighted by molar-refractivity contribution is 0.0724. The number of benzene rings is 1. The van der Waals surface area contributed by atoms with E-state index in [1.54, 1.807) is 31.2 Å². The van der Waals surface area contributed by atoms with E-state index in [1.165, 1.54) is 0 Å². The van der Waals surface area contributed by atoms with Crippen molar-refractivity contribution in [3.63, 3.8) is 0 Å². The Morgan fingerprint density at radius 3 is 2.52 bits per heavy atom. The lowest BCUT2D eigenvalue weighted by Gasteiger charge is -2.26. The molecule has 1 unspecified atom stereocenters. The molecule has 2 heterocycles. The lowest BCUT2D eigenvalue weighted by atomic mass is 9.96. The Kier molecular flexibility index (Phi) is 6.12. The first kappa shape index (κ1) is 21.5. The van der Waals surface area contributed by atoms with Crippen LogP contribution in [0.5, 0.6) is 0 Å². The molecule has 2 aromatic rings. The van der Waals surface area contributed by atoms with Crippen molar-refractivity contribution in [3.05, 3.63) is 47.1 Å². The molecule has 1 aromatic heterocycles. The summed E-state index contributed by atoms with van der Waals surface area (Å²) in [4.78, 5) is 18.8. The highest BCUT2D eigenvalue weighted by molar-refractivity contribution is 7.90. The summed E-state index contributed by atoms with van der Waals surface area (Å²) in [6.45, 7) is 8.87. The molecular formula is C21H29N3O4S. The summed E-state index contributed by atoms with van der Waals surface area (Å²) in [5.41, 5.74) is 0.782. The molecule has 1 fully saturated rings. The van der Waals surface area contributed by atoms with Gasteiger partial charge in [-0.05, 0) is 43.9 Å². The maximum Gasteiger partial charge on any atom is 0.253 e. The molecule has 8 heteroatoms. The number of carbonyl (C=O) groups excluding carboxylic acids is 1. The van der Waals surface area contributed by atoms with Gasteiger partial charge in [0, 0.05) is 24.1 Å². The Balaban J connectivity index is 1.76. The van der Waals surface area contributed by atoms with Crippen molar-refractivity contribution in [1.82, 2.24) is 15.0 Å². The monoisotopic (exact) mass is 419 g/mol. The van der Waals surface area contributed by atoms with Gasteiger partial charge in [-0.2, -0.15) is 4.98 Å². The van der Waals surface area contributed by atoms with Crippen molar-refractivity contribution in [2.75, 3.05) is 13.1 Å². The van der Waals surface area contributed by atoms with Crippen LogP contribution in [0.3, 0.4) is 0 Å². The molecule has 1 aliphatic heterocycles. The van der Waals surface area contributed by atoms with Crippen molar-refractivity contribution in [2.45, 2.75) is 63.4 Å². The highest BCUT2D eigenvalue weighted by Crippen LogP contribution is 2.27. The molecule has 0 aliphatic carbocycles. The molecule has 1 amide bonds. The summed E-state index contributed by atoms with van der Waals surface area (Å²) in [5.74, 6) is 0.338. The van der Waals surface area contributed by atoms with Crippen LogP contribution < -0.4 is 0 Å². The Bertz CT molecular complexity index is 970. The molecule has 1 aromatic carbocycles. The van der Waals surface area contributed by atoms with Crippen LogP contribution in [0.2, 0.25) is 0 Å². The number of aromatic nitrogens is 2. The SMILES string of the molecule is CC(c1nc(C(C)(C)C)no1)S(=O)(=O)Cc1cccc(C(=O)N2CCCCC2)c1. The first-order valence-electron chi connectivity index (χ1n) is 10.0. The fourth-order valence-electron chi connectivity index (χ4n) is 3.29. The molecule has 0 spiro atoms. The maximum absolute atomic E-state index is 12.9. The fraction of sp³-hybridized carbons (Fsp3) is 0.571. The number of sulfone groups is 1. The number of hydrogen-bond acceptors (Lipinski definition) is 6. The lowest BCUT2D eigenvalue weighted by Crippen LogP contribution is -2.35. The predicted molar refractivity (Wildman–Crippen MR) is 110 cm³/mol. The van der Waals surface area contributed by atoms with Crippen LogP contribution in [-0.4, -0.2) is 42.5 Å². The molecule has 0 saturated carbocycles. The third-order valence-corrected chi connectivity index (χ3v) is 7.20. The number of carbonyl (C=O) groups is 1. The van der Waals surface area contributed by atoms with Gasteiger partial charge in [-0.1, -0.05) is 38.1 Å². The first-order valence-corrected chi connectivity index (χ1v) is 11.7. The van der Waals surface area contributed by atoms with E-state index >= 15 is 0 Å². The molecule has 0 radical (unpaired) electrons. The average Bonchev–Trinajstić information content (AvgIpc) is 3.18. The minimum atomic E-state index is -3.59. The standard InChI is InChI=1S/C21H29N3O4S/c1-15(18-22-20(23-28-18)21(2,3)4)29(26,27)14-16-9-8-10-17(13-16)19(25)24-11-6-5-7-12-24/h8-10,13,15H,5-7,11-12,14H2,1-4H3. The van der Waals surface area contributed by atoms with Gasteiger partial charge in [0.25, 0.3) is 5.91 Å². The van der Waals surface area contributed by atoms with E-state index < -0.39 is 15.1 Å². The van der Waals surface area contributed by atoms with Crippen molar-refractivity contribution in [1.29, 1.82) is 0 Å². The van der Waals surface area contributed by atoms with Crippen LogP contribution in [-0.2, 0) is 21.0 Å². The number of rotatable bonds is 5. The second-order valence-corrected chi connectivity index (χ2v) is 11.0. The van der Waals surface area contributed by atoms with E-state index in [4.69, 9.17) is 4.52 Å². The minimum absolute atomic E-state index is 0.0382. The number of hydrogen-bond donors (Lipinski definition) is 0. The van der Waals surface area contributed by atoms with Crippen LogP contribution >= 0.6 is 0 Å². The number of likely N-dealkylation sites (tertiary alicyclic amines) is 1. The van der Waals surface area contributed by atoms with Crippen LogP contribution in [0, 0.1) is 0 Å². The van der Waals surface area contributed by atoms with Crippen LogP contribution in [0.15, 0.2) is 28.8 Å². The van der Waals surface area contributed by atoms with Crippen molar-refractivity contribution in [2.24, 2.45) is 0 Å². The predicted octanol–water partition coefficient (Wildman–Crippen LogP) is 3.67. The largest absolute Gasteiger partial charge is 0.339 e. The highest BCUT2D eigenvalue weighted by Gasteiger charge is 2.31. The summed E-state index contributed by atoms with van der Waals surface area (Å²) in [6, 6.07) is 6.88. The second kappa shape index (κ2) is 8.26. The summed E-state index contributed by atoms with van der Waals surface area (Å²) < 4.78 is 31.1. The smallest absolute Gasteiger partial charge is 0.253 e. The van der Waals surface area contributed by atoms with E-state index in [1.807, 2.05) is 25.7 Å². The third kappa shape index (κ3) is 5.04. The third-order valence-electron chi connectivity index (χ3n) is 5.18. The number of nitrogens with zero attached hydrogens (tertiary/aromatic N) is 3. The molecule has 1 saturated heterocycles. The Morgan fingerprint density at radius 2 is 1.90 bits per heavy atom. The van der Waals surface area contributed by atoms with Gasteiger partial charge >= 0.3 is 0 Å². The van der Waals surface area contributed by atoms with Crippen LogP contribution in [0.25, 0.3) is 0 Å². The molecule has 29 heavy (non-hydrogen) atoms.